The Bertz CT molecular complexity index is 1400. The minimum atomic E-state index is -0.201. The largest absolute Gasteiger partial charge is 0.339 e. The Balaban J connectivity index is 1.41. The molecule has 4 aromatic rings. The number of pyridine rings is 1. The van der Waals surface area contributed by atoms with Crippen LogP contribution in [-0.2, 0) is 0 Å². The summed E-state index contributed by atoms with van der Waals surface area (Å²) < 4.78 is 0. The summed E-state index contributed by atoms with van der Waals surface area (Å²) >= 11 is 0. The average molecular weight is 478 g/mol. The molecule has 5 rings (SSSR count). The fourth-order valence-electron chi connectivity index (χ4n) is 4.75. The lowest BCUT2D eigenvalue weighted by Crippen LogP contribution is -2.31. The third-order valence-corrected chi connectivity index (χ3v) is 6.84. The van der Waals surface area contributed by atoms with Crippen LogP contribution in [0.5, 0.6) is 0 Å². The molecule has 3 aromatic carbocycles. The monoisotopic (exact) mass is 477 g/mol. The first kappa shape index (κ1) is 23.7. The van der Waals surface area contributed by atoms with Gasteiger partial charge >= 0.3 is 0 Å². The van der Waals surface area contributed by atoms with Crippen molar-refractivity contribution in [2.24, 2.45) is 0 Å². The molecule has 0 saturated carbocycles. The van der Waals surface area contributed by atoms with Gasteiger partial charge in [0.25, 0.3) is 11.8 Å². The molecular weight excluding hydrogens is 446 g/mol. The third kappa shape index (κ3) is 5.15. The van der Waals surface area contributed by atoms with Crippen LogP contribution in [0.3, 0.4) is 0 Å². The molecule has 1 aromatic heterocycles. The number of hydrogen-bond donors (Lipinski definition) is 1. The number of aromatic nitrogens is 1. The van der Waals surface area contributed by atoms with E-state index in [1.165, 1.54) is 18.4 Å². The van der Waals surface area contributed by atoms with Gasteiger partial charge in [-0.3, -0.25) is 9.59 Å². The van der Waals surface area contributed by atoms with Gasteiger partial charge in [-0.1, -0.05) is 54.3 Å². The smallest absolute Gasteiger partial charge is 0.256 e. The molecule has 1 saturated heterocycles. The predicted molar refractivity (Wildman–Crippen MR) is 145 cm³/mol. The lowest BCUT2D eigenvalue weighted by molar-refractivity contribution is 0.0761. The molecule has 1 aliphatic heterocycles. The van der Waals surface area contributed by atoms with Crippen LogP contribution < -0.4 is 5.32 Å². The minimum Gasteiger partial charge on any atom is -0.339 e. The topological polar surface area (TPSA) is 62.3 Å². The second kappa shape index (κ2) is 10.3. The number of anilines is 1. The summed E-state index contributed by atoms with van der Waals surface area (Å²) in [7, 11) is 0. The Labute approximate surface area is 212 Å². The van der Waals surface area contributed by atoms with Crippen molar-refractivity contribution >= 4 is 28.4 Å². The number of carbonyl (C=O) groups excluding carboxylic acids is 2. The van der Waals surface area contributed by atoms with Crippen molar-refractivity contribution in [1.82, 2.24) is 9.88 Å². The van der Waals surface area contributed by atoms with Crippen LogP contribution in [0, 0.1) is 13.8 Å². The number of rotatable bonds is 4. The molecule has 2 amide bonds. The van der Waals surface area contributed by atoms with Gasteiger partial charge in [0.15, 0.2) is 0 Å². The summed E-state index contributed by atoms with van der Waals surface area (Å²) in [5.74, 6) is -0.138. The predicted octanol–water partition coefficient (Wildman–Crippen LogP) is 6.79. The molecule has 0 radical (unpaired) electrons. The van der Waals surface area contributed by atoms with Crippen molar-refractivity contribution in [1.29, 1.82) is 0 Å². The minimum absolute atomic E-state index is 0.0631. The molecule has 1 fully saturated rings. The molecule has 5 nitrogen and oxygen atoms in total. The van der Waals surface area contributed by atoms with Gasteiger partial charge in [0.1, 0.15) is 0 Å². The highest BCUT2D eigenvalue weighted by atomic mass is 16.2. The number of hydrogen-bond acceptors (Lipinski definition) is 3. The van der Waals surface area contributed by atoms with Gasteiger partial charge in [-0.15, -0.1) is 0 Å². The fourth-order valence-corrected chi connectivity index (χ4v) is 4.75. The summed E-state index contributed by atoms with van der Waals surface area (Å²) in [5.41, 5.74) is 6.63. The highest BCUT2D eigenvalue weighted by Gasteiger charge is 2.18. The van der Waals surface area contributed by atoms with Crippen molar-refractivity contribution in [2.75, 3.05) is 18.4 Å². The van der Waals surface area contributed by atoms with Gasteiger partial charge in [0.2, 0.25) is 0 Å². The molecule has 0 atom stereocenters. The van der Waals surface area contributed by atoms with Crippen LogP contribution in [0.1, 0.15) is 57.5 Å². The number of carbonyl (C=O) groups is 2. The number of benzene rings is 3. The maximum atomic E-state index is 13.5. The fraction of sp³-hybridized carbons (Fsp3) is 0.258. The Kier molecular flexibility index (Phi) is 6.81. The molecule has 0 aliphatic carbocycles. The number of amides is 2. The van der Waals surface area contributed by atoms with E-state index >= 15 is 0 Å². The maximum absolute atomic E-state index is 13.5. The number of likely N-dealkylation sites (tertiary alicyclic amines) is 1. The first-order valence-electron chi connectivity index (χ1n) is 12.7. The number of nitrogens with one attached hydrogen (secondary N) is 1. The quantitative estimate of drug-likeness (QED) is 0.352. The highest BCUT2D eigenvalue weighted by Crippen LogP contribution is 2.27. The Morgan fingerprint density at radius 1 is 0.778 bits per heavy atom. The number of fused-ring (bicyclic) bond motifs is 1. The standard InChI is InChI=1S/C31H31N3O2/c1-21-7-10-23(11-8-21)29-20-27(26-19-22(2)9-16-28(26)33-29)30(35)32-25-14-12-24(13-15-25)31(36)34-17-5-3-4-6-18-34/h7-16,19-20H,3-6,17-18H2,1-2H3,(H,32,35). The van der Waals surface area contributed by atoms with Crippen LogP contribution in [-0.4, -0.2) is 34.8 Å². The summed E-state index contributed by atoms with van der Waals surface area (Å²) in [6.07, 6.45) is 4.49. The number of aryl methyl sites for hydroxylation is 2. The average Bonchev–Trinajstić information content (AvgIpc) is 3.18. The molecular formula is C31H31N3O2. The van der Waals surface area contributed by atoms with Gasteiger partial charge < -0.3 is 10.2 Å². The van der Waals surface area contributed by atoms with E-state index in [2.05, 4.69) is 5.32 Å². The van der Waals surface area contributed by atoms with E-state index in [1.807, 2.05) is 67.3 Å². The van der Waals surface area contributed by atoms with Gasteiger partial charge in [0.05, 0.1) is 16.8 Å². The zero-order chi connectivity index (χ0) is 25.1. The molecule has 5 heteroatoms. The lowest BCUT2D eigenvalue weighted by Gasteiger charge is -2.20. The van der Waals surface area contributed by atoms with Crippen molar-refractivity contribution < 1.29 is 9.59 Å². The van der Waals surface area contributed by atoms with Crippen LogP contribution in [0.2, 0.25) is 0 Å². The molecule has 182 valence electrons. The zero-order valence-corrected chi connectivity index (χ0v) is 20.9. The lowest BCUT2D eigenvalue weighted by atomic mass is 10.0. The van der Waals surface area contributed by atoms with E-state index < -0.39 is 0 Å². The molecule has 0 spiro atoms. The molecule has 2 heterocycles. The van der Waals surface area contributed by atoms with Crippen molar-refractivity contribution in [3.63, 3.8) is 0 Å². The molecule has 0 bridgehead atoms. The van der Waals surface area contributed by atoms with Gasteiger partial charge in [0, 0.05) is 35.3 Å². The van der Waals surface area contributed by atoms with Gasteiger partial charge in [-0.05, 0) is 69.2 Å². The maximum Gasteiger partial charge on any atom is 0.256 e. The van der Waals surface area contributed by atoms with E-state index in [4.69, 9.17) is 4.98 Å². The van der Waals surface area contributed by atoms with Gasteiger partial charge in [-0.2, -0.15) is 0 Å². The Hall–Kier alpha value is -3.99. The third-order valence-electron chi connectivity index (χ3n) is 6.84. The second-order valence-electron chi connectivity index (χ2n) is 9.68. The summed E-state index contributed by atoms with van der Waals surface area (Å²) in [6.45, 7) is 5.69. The molecule has 1 aliphatic rings. The van der Waals surface area contributed by atoms with Gasteiger partial charge in [-0.25, -0.2) is 4.98 Å². The summed E-state index contributed by atoms with van der Waals surface area (Å²) in [4.78, 5) is 33.1. The second-order valence-corrected chi connectivity index (χ2v) is 9.68. The van der Waals surface area contributed by atoms with Crippen LogP contribution >= 0.6 is 0 Å². The van der Waals surface area contributed by atoms with E-state index in [1.54, 1.807) is 24.3 Å². The van der Waals surface area contributed by atoms with E-state index in [9.17, 15) is 9.59 Å². The molecule has 0 unspecified atom stereocenters. The Morgan fingerprint density at radius 3 is 2.14 bits per heavy atom. The first-order valence-corrected chi connectivity index (χ1v) is 12.7. The Morgan fingerprint density at radius 2 is 1.44 bits per heavy atom. The first-order chi connectivity index (χ1) is 17.5. The van der Waals surface area contributed by atoms with E-state index in [-0.39, 0.29) is 11.8 Å². The van der Waals surface area contributed by atoms with Crippen molar-refractivity contribution in [2.45, 2.75) is 39.5 Å². The SMILES string of the molecule is Cc1ccc(-c2cc(C(=O)Nc3ccc(C(=O)N4CCCCCC4)cc3)c3cc(C)ccc3n2)cc1. The molecule has 36 heavy (non-hydrogen) atoms. The summed E-state index contributed by atoms with van der Waals surface area (Å²) in [5, 5.41) is 3.84. The summed E-state index contributed by atoms with van der Waals surface area (Å²) in [6, 6.07) is 23.2. The molecule has 1 N–H and O–H groups in total. The van der Waals surface area contributed by atoms with Crippen LogP contribution in [0.25, 0.3) is 22.2 Å². The number of nitrogens with zero attached hydrogens (tertiary/aromatic N) is 2. The van der Waals surface area contributed by atoms with Crippen LogP contribution in [0.4, 0.5) is 5.69 Å². The highest BCUT2D eigenvalue weighted by molar-refractivity contribution is 6.13. The van der Waals surface area contributed by atoms with E-state index in [0.29, 0.717) is 16.8 Å². The van der Waals surface area contributed by atoms with E-state index in [0.717, 1.165) is 53.7 Å². The van der Waals surface area contributed by atoms with Crippen LogP contribution in [0.15, 0.2) is 72.8 Å². The zero-order valence-electron chi connectivity index (χ0n) is 20.9. The normalized spacial score (nSPS) is 13.9. The van der Waals surface area contributed by atoms with Crippen molar-refractivity contribution in [3.8, 4) is 11.3 Å². The van der Waals surface area contributed by atoms with Crippen molar-refractivity contribution in [3.05, 3.63) is 95.1 Å².